The van der Waals surface area contributed by atoms with E-state index in [4.69, 9.17) is 0 Å². The summed E-state index contributed by atoms with van der Waals surface area (Å²) in [6.45, 7) is 0. The summed E-state index contributed by atoms with van der Waals surface area (Å²) in [6, 6.07) is 110. The monoisotopic (exact) mass is 991 g/mol. The molecule has 2 heterocycles. The second-order valence-electron chi connectivity index (χ2n) is 20.8. The fraction of sp³-hybridized carbons (Fsp3) is 0.0133. The summed E-state index contributed by atoms with van der Waals surface area (Å²) in [6.07, 6.45) is 0. The number of para-hydroxylation sites is 3. The van der Waals surface area contributed by atoms with Gasteiger partial charge in [0.2, 0.25) is 0 Å². The van der Waals surface area contributed by atoms with Gasteiger partial charge in [0.15, 0.2) is 0 Å². The minimum atomic E-state index is -0.736. The maximum absolute atomic E-state index is 2.54. The molecule has 0 fully saturated rings. The van der Waals surface area contributed by atoms with E-state index in [1.165, 1.54) is 105 Å². The summed E-state index contributed by atoms with van der Waals surface area (Å²) < 4.78 is 2.54. The summed E-state index contributed by atoms with van der Waals surface area (Å²) >= 11 is 0. The van der Waals surface area contributed by atoms with Crippen molar-refractivity contribution in [2.45, 2.75) is 5.41 Å². The minimum absolute atomic E-state index is 0.736. The largest absolute Gasteiger partial charge is 0.310 e. The van der Waals surface area contributed by atoms with Crippen molar-refractivity contribution in [3.05, 3.63) is 320 Å². The van der Waals surface area contributed by atoms with Crippen LogP contribution in [0.3, 0.4) is 0 Å². The number of benzene rings is 13. The molecule has 0 radical (unpaired) electrons. The Hall–Kier alpha value is -10.2. The number of aromatic nitrogens is 1. The van der Waals surface area contributed by atoms with E-state index in [1.807, 2.05) is 0 Å². The van der Waals surface area contributed by atoms with Crippen LogP contribution in [-0.2, 0) is 5.41 Å². The molecular weight excluding hydrogens is 943 g/mol. The van der Waals surface area contributed by atoms with Crippen molar-refractivity contribution in [3.63, 3.8) is 0 Å². The Morgan fingerprint density at radius 3 is 1.24 bits per heavy atom. The Kier molecular flexibility index (Phi) is 9.85. The van der Waals surface area contributed by atoms with Crippen LogP contribution in [0.1, 0.15) is 22.3 Å². The number of rotatable bonds is 8. The van der Waals surface area contributed by atoms with Crippen LogP contribution in [0, 0.1) is 0 Å². The number of hydrogen-bond acceptors (Lipinski definition) is 2. The topological polar surface area (TPSA) is 11.4 Å². The van der Waals surface area contributed by atoms with Crippen LogP contribution in [0.2, 0.25) is 0 Å². The molecule has 1 spiro atoms. The van der Waals surface area contributed by atoms with Gasteiger partial charge >= 0.3 is 0 Å². The maximum atomic E-state index is 2.54. The molecule has 14 aromatic rings. The van der Waals surface area contributed by atoms with Crippen LogP contribution >= 0.6 is 0 Å². The van der Waals surface area contributed by atoms with Crippen LogP contribution in [0.15, 0.2) is 297 Å². The van der Waals surface area contributed by atoms with E-state index in [1.54, 1.807) is 0 Å². The second-order valence-corrected chi connectivity index (χ2v) is 20.8. The van der Waals surface area contributed by atoms with Gasteiger partial charge in [-0.05, 0) is 139 Å². The number of fused-ring (bicyclic) bond motifs is 14. The Balaban J connectivity index is 0.979. The highest BCUT2D eigenvalue weighted by Gasteiger charge is 2.51. The smallest absolute Gasteiger partial charge is 0.0756 e. The first-order valence-corrected chi connectivity index (χ1v) is 27.0. The zero-order chi connectivity index (χ0) is 51.3. The number of nitrogens with zero attached hydrogens (tertiary/aromatic N) is 3. The van der Waals surface area contributed by atoms with Gasteiger partial charge in [-0.1, -0.05) is 224 Å². The van der Waals surface area contributed by atoms with E-state index in [2.05, 4.69) is 312 Å². The molecule has 0 amide bonds. The first-order valence-electron chi connectivity index (χ1n) is 27.0. The van der Waals surface area contributed by atoms with Gasteiger partial charge in [-0.2, -0.15) is 0 Å². The molecule has 0 N–H and O–H groups in total. The molecule has 3 nitrogen and oxygen atoms in total. The van der Waals surface area contributed by atoms with E-state index in [0.29, 0.717) is 0 Å². The molecule has 0 bridgehead atoms. The quantitative estimate of drug-likeness (QED) is 0.150. The lowest BCUT2D eigenvalue weighted by Crippen LogP contribution is -2.33. The van der Waals surface area contributed by atoms with Crippen LogP contribution < -0.4 is 9.80 Å². The standard InChI is InChI=1S/C75H49N3/c1-3-18-50(19-4-1)52-36-40-56(41-37-52)76(70-34-15-24-54-22-7-9-26-60(54)70)58-44-46-62-63-47-45-59(77(71-35-16-25-55-23-8-10-27-61(55)71)57-42-38-53(39-43-57)51-20-5-2-6-21-51)49-69(63)75(68(62)48-58)66-30-12-14-33-73(66)78-72-32-13-11-28-64(72)65-29-17-31-67(75)74(65)78/h1-49H. The zero-order valence-corrected chi connectivity index (χ0v) is 42.6. The summed E-state index contributed by atoms with van der Waals surface area (Å²) in [5.41, 5.74) is 21.8. The van der Waals surface area contributed by atoms with Gasteiger partial charge in [0.25, 0.3) is 0 Å². The molecular formula is C75H49N3. The predicted molar refractivity (Wildman–Crippen MR) is 327 cm³/mol. The highest BCUT2D eigenvalue weighted by atomic mass is 15.2. The Bertz CT molecular complexity index is 4440. The SMILES string of the molecule is c1ccc(-c2ccc(N(c3ccc4c(c3)C3(c5cc(N(c6ccc(-c7ccccc7)cc6)c6cccc7ccccc67)ccc5-4)c4ccccc4-n4c5ccccc5c5cccc3c54)c3cccc4ccccc34)cc2)cc1. The summed E-state index contributed by atoms with van der Waals surface area (Å²) in [5, 5.41) is 7.29. The zero-order valence-electron chi connectivity index (χ0n) is 42.6. The molecule has 0 atom stereocenters. The van der Waals surface area contributed by atoms with Crippen molar-refractivity contribution >= 4 is 77.5 Å². The molecule has 0 unspecified atom stereocenters. The second kappa shape index (κ2) is 17.4. The molecule has 2 aliphatic rings. The molecule has 0 saturated heterocycles. The van der Waals surface area contributed by atoms with E-state index >= 15 is 0 Å². The maximum Gasteiger partial charge on any atom is 0.0756 e. The lowest BCUT2D eigenvalue weighted by atomic mass is 9.65. The van der Waals surface area contributed by atoms with Gasteiger partial charge in [0.05, 0.1) is 33.5 Å². The summed E-state index contributed by atoms with van der Waals surface area (Å²) in [4.78, 5) is 4.96. The van der Waals surface area contributed by atoms with Crippen molar-refractivity contribution in [1.82, 2.24) is 4.57 Å². The average molecular weight is 992 g/mol. The highest BCUT2D eigenvalue weighted by Crippen LogP contribution is 2.63. The number of anilines is 6. The van der Waals surface area contributed by atoms with Gasteiger partial charge in [-0.25, -0.2) is 0 Å². The van der Waals surface area contributed by atoms with Crippen molar-refractivity contribution < 1.29 is 0 Å². The van der Waals surface area contributed by atoms with Crippen molar-refractivity contribution in [3.8, 4) is 39.1 Å². The molecule has 1 aromatic heterocycles. The van der Waals surface area contributed by atoms with E-state index in [-0.39, 0.29) is 0 Å². The summed E-state index contributed by atoms with van der Waals surface area (Å²) in [7, 11) is 0. The average Bonchev–Trinajstić information content (AvgIpc) is 2.55. The third-order valence-corrected chi connectivity index (χ3v) is 16.7. The van der Waals surface area contributed by atoms with Crippen molar-refractivity contribution in [2.75, 3.05) is 9.80 Å². The van der Waals surface area contributed by atoms with Gasteiger partial charge in [0.1, 0.15) is 0 Å². The number of hydrogen-bond donors (Lipinski definition) is 0. The molecule has 1 aliphatic carbocycles. The van der Waals surface area contributed by atoms with Crippen LogP contribution in [0.4, 0.5) is 34.1 Å². The van der Waals surface area contributed by atoms with Gasteiger partial charge in [-0.3, -0.25) is 0 Å². The van der Waals surface area contributed by atoms with Gasteiger partial charge in [-0.15, -0.1) is 0 Å². The molecule has 13 aromatic carbocycles. The molecule has 364 valence electrons. The van der Waals surface area contributed by atoms with Crippen LogP contribution in [0.5, 0.6) is 0 Å². The van der Waals surface area contributed by atoms with E-state index in [9.17, 15) is 0 Å². The molecule has 78 heavy (non-hydrogen) atoms. The van der Waals surface area contributed by atoms with Crippen molar-refractivity contribution in [1.29, 1.82) is 0 Å². The third kappa shape index (κ3) is 6.52. The fourth-order valence-corrected chi connectivity index (χ4v) is 13.4. The van der Waals surface area contributed by atoms with E-state index < -0.39 is 5.41 Å². The molecule has 16 rings (SSSR count). The molecule has 1 aliphatic heterocycles. The van der Waals surface area contributed by atoms with Gasteiger partial charge in [0, 0.05) is 44.3 Å². The lowest BCUT2D eigenvalue weighted by molar-refractivity contribution is 0.748. The van der Waals surface area contributed by atoms with Gasteiger partial charge < -0.3 is 14.4 Å². The minimum Gasteiger partial charge on any atom is -0.310 e. The first kappa shape index (κ1) is 44.1. The van der Waals surface area contributed by atoms with Crippen LogP contribution in [0.25, 0.3) is 82.4 Å². The highest BCUT2D eigenvalue weighted by molar-refractivity contribution is 6.13. The predicted octanol–water partition coefficient (Wildman–Crippen LogP) is 20.0. The Labute approximate surface area is 453 Å². The lowest BCUT2D eigenvalue weighted by Gasteiger charge is -2.40. The summed E-state index contributed by atoms with van der Waals surface area (Å²) in [5.74, 6) is 0. The fourth-order valence-electron chi connectivity index (χ4n) is 13.4. The third-order valence-electron chi connectivity index (χ3n) is 16.7. The van der Waals surface area contributed by atoms with E-state index in [0.717, 1.165) is 34.1 Å². The van der Waals surface area contributed by atoms with Crippen molar-refractivity contribution in [2.24, 2.45) is 0 Å². The van der Waals surface area contributed by atoms with Crippen LogP contribution in [-0.4, -0.2) is 4.57 Å². The Morgan fingerprint density at radius 1 is 0.269 bits per heavy atom. The normalized spacial score (nSPS) is 12.7. The first-order chi connectivity index (χ1) is 38.7. The Morgan fingerprint density at radius 2 is 0.679 bits per heavy atom. The molecule has 0 saturated carbocycles. The molecule has 3 heteroatoms.